The topological polar surface area (TPSA) is 0 Å². The van der Waals surface area contributed by atoms with Crippen LogP contribution >= 0.6 is 0 Å². The van der Waals surface area contributed by atoms with E-state index in [9.17, 15) is 0 Å². The summed E-state index contributed by atoms with van der Waals surface area (Å²) in [6.07, 6.45) is 10.0. The van der Waals surface area contributed by atoms with Crippen LogP contribution in [0, 0.1) is 11.8 Å². The zero-order chi connectivity index (χ0) is 8.10. The number of hydrogen-bond donors (Lipinski definition) is 0. The summed E-state index contributed by atoms with van der Waals surface area (Å²) in [5, 5.41) is 0. The fraction of sp³-hybridized carbons (Fsp3) is 0.909. The second-order valence-corrected chi connectivity index (χ2v) is 3.91. The van der Waals surface area contributed by atoms with E-state index in [4.69, 9.17) is 0 Å². The van der Waals surface area contributed by atoms with E-state index < -0.39 is 0 Å². The minimum atomic E-state index is 0.917. The molecular formula is C11H21. The summed E-state index contributed by atoms with van der Waals surface area (Å²) in [5.41, 5.74) is 0. The maximum absolute atomic E-state index is 2.41. The van der Waals surface area contributed by atoms with Crippen LogP contribution in [-0.2, 0) is 0 Å². The highest BCUT2D eigenvalue weighted by molar-refractivity contribution is 4.96. The van der Waals surface area contributed by atoms with Crippen molar-refractivity contribution in [3.05, 3.63) is 5.92 Å². The Morgan fingerprint density at radius 2 is 1.82 bits per heavy atom. The monoisotopic (exact) mass is 153 g/mol. The average molecular weight is 153 g/mol. The molecule has 0 amide bonds. The van der Waals surface area contributed by atoms with E-state index in [0.717, 1.165) is 5.92 Å². The smallest absolute Gasteiger partial charge is 0.0213 e. The van der Waals surface area contributed by atoms with E-state index in [1.165, 1.54) is 44.9 Å². The summed E-state index contributed by atoms with van der Waals surface area (Å²) in [7, 11) is 0. The van der Waals surface area contributed by atoms with Crippen molar-refractivity contribution in [3.8, 4) is 0 Å². The van der Waals surface area contributed by atoms with Crippen LogP contribution in [0.25, 0.3) is 0 Å². The van der Waals surface area contributed by atoms with E-state index in [0.29, 0.717) is 0 Å². The summed E-state index contributed by atoms with van der Waals surface area (Å²) < 4.78 is 0. The molecule has 1 rings (SSSR count). The largest absolute Gasteiger partial charge is 0.0654 e. The molecule has 0 N–H and O–H groups in total. The normalized spacial score (nSPS) is 23.5. The molecule has 0 saturated heterocycles. The fourth-order valence-electron chi connectivity index (χ4n) is 2.14. The van der Waals surface area contributed by atoms with Gasteiger partial charge in [-0.1, -0.05) is 46.0 Å². The van der Waals surface area contributed by atoms with Crippen molar-refractivity contribution >= 4 is 0 Å². The molecule has 0 bridgehead atoms. The summed E-state index contributed by atoms with van der Waals surface area (Å²) in [4.78, 5) is 0. The van der Waals surface area contributed by atoms with Crippen molar-refractivity contribution in [3.63, 3.8) is 0 Å². The molecule has 1 saturated carbocycles. The second kappa shape index (κ2) is 4.79. The quantitative estimate of drug-likeness (QED) is 0.575. The van der Waals surface area contributed by atoms with Gasteiger partial charge in [0.15, 0.2) is 0 Å². The first-order chi connectivity index (χ1) is 5.34. The van der Waals surface area contributed by atoms with Gasteiger partial charge in [0.05, 0.1) is 0 Å². The summed E-state index contributed by atoms with van der Waals surface area (Å²) in [5.74, 6) is 2.78. The lowest BCUT2D eigenvalue weighted by Crippen LogP contribution is -2.12. The second-order valence-electron chi connectivity index (χ2n) is 3.91. The van der Waals surface area contributed by atoms with Crippen molar-refractivity contribution in [1.82, 2.24) is 0 Å². The lowest BCUT2D eigenvalue weighted by molar-refractivity contribution is 0.416. The molecule has 1 aliphatic carbocycles. The highest BCUT2D eigenvalue weighted by atomic mass is 14.2. The van der Waals surface area contributed by atoms with Crippen LogP contribution in [0.2, 0.25) is 0 Å². The Hall–Kier alpha value is 0. The Kier molecular flexibility index (Phi) is 3.96. The molecule has 0 nitrogen and oxygen atoms in total. The first kappa shape index (κ1) is 9.09. The molecule has 0 spiro atoms. The van der Waals surface area contributed by atoms with Crippen LogP contribution in [0.15, 0.2) is 0 Å². The molecule has 0 aromatic rings. The summed E-state index contributed by atoms with van der Waals surface area (Å²) in [6, 6.07) is 0. The fourth-order valence-corrected chi connectivity index (χ4v) is 2.14. The van der Waals surface area contributed by atoms with Gasteiger partial charge in [-0.25, -0.2) is 0 Å². The minimum Gasteiger partial charge on any atom is -0.0654 e. The average Bonchev–Trinajstić information content (AvgIpc) is 2.07. The van der Waals surface area contributed by atoms with Crippen molar-refractivity contribution in [2.75, 3.05) is 0 Å². The van der Waals surface area contributed by atoms with E-state index in [1.807, 2.05) is 5.92 Å². The van der Waals surface area contributed by atoms with Crippen LogP contribution in [0.1, 0.15) is 58.8 Å². The van der Waals surface area contributed by atoms with Gasteiger partial charge in [-0.05, 0) is 24.7 Å². The van der Waals surface area contributed by atoms with Crippen molar-refractivity contribution in [2.24, 2.45) is 5.92 Å². The zero-order valence-electron chi connectivity index (χ0n) is 8.03. The molecule has 0 heterocycles. The van der Waals surface area contributed by atoms with Crippen LogP contribution < -0.4 is 0 Å². The molecular weight excluding hydrogens is 132 g/mol. The Morgan fingerprint density at radius 3 is 2.36 bits per heavy atom. The summed E-state index contributed by atoms with van der Waals surface area (Å²) >= 11 is 0. The van der Waals surface area contributed by atoms with Gasteiger partial charge in [0.2, 0.25) is 0 Å². The van der Waals surface area contributed by atoms with Crippen molar-refractivity contribution < 1.29 is 0 Å². The van der Waals surface area contributed by atoms with Crippen LogP contribution in [0.3, 0.4) is 0 Å². The molecule has 1 unspecified atom stereocenters. The molecule has 0 aliphatic heterocycles. The van der Waals surface area contributed by atoms with Gasteiger partial charge in [0.25, 0.3) is 0 Å². The third kappa shape index (κ3) is 2.84. The maximum Gasteiger partial charge on any atom is -0.0213 e. The standard InChI is InChI=1S/C11H21/c1-3-7-10(2)11-8-5-4-6-9-11/h10H,3-9H2,1-2H3. The summed E-state index contributed by atoms with van der Waals surface area (Å²) in [6.45, 7) is 4.70. The highest BCUT2D eigenvalue weighted by Crippen LogP contribution is 2.33. The van der Waals surface area contributed by atoms with Gasteiger partial charge < -0.3 is 0 Å². The lowest BCUT2D eigenvalue weighted by atomic mass is 9.79. The number of hydrogen-bond acceptors (Lipinski definition) is 0. The molecule has 0 heteroatoms. The van der Waals surface area contributed by atoms with E-state index in [1.54, 1.807) is 0 Å². The third-order valence-electron chi connectivity index (χ3n) is 2.91. The van der Waals surface area contributed by atoms with Gasteiger partial charge in [0, 0.05) is 0 Å². The van der Waals surface area contributed by atoms with Gasteiger partial charge in [-0.3, -0.25) is 0 Å². The van der Waals surface area contributed by atoms with E-state index in [2.05, 4.69) is 13.8 Å². The van der Waals surface area contributed by atoms with E-state index in [-0.39, 0.29) is 0 Å². The third-order valence-corrected chi connectivity index (χ3v) is 2.91. The predicted molar refractivity (Wildman–Crippen MR) is 50.4 cm³/mol. The number of rotatable bonds is 3. The maximum atomic E-state index is 2.41. The lowest BCUT2D eigenvalue weighted by Gasteiger charge is -2.26. The van der Waals surface area contributed by atoms with Crippen molar-refractivity contribution in [2.45, 2.75) is 58.8 Å². The van der Waals surface area contributed by atoms with Gasteiger partial charge in [-0.2, -0.15) is 0 Å². The Balaban J connectivity index is 2.21. The molecule has 0 aromatic carbocycles. The zero-order valence-corrected chi connectivity index (χ0v) is 8.03. The SMILES string of the molecule is CCCC(C)[C]1CCCCC1. The molecule has 1 fully saturated rings. The Bertz CT molecular complexity index is 90.2. The van der Waals surface area contributed by atoms with Crippen LogP contribution in [0.4, 0.5) is 0 Å². The molecule has 1 atom stereocenters. The van der Waals surface area contributed by atoms with Gasteiger partial charge in [0.1, 0.15) is 0 Å². The minimum absolute atomic E-state index is 0.917. The highest BCUT2D eigenvalue weighted by Gasteiger charge is 2.19. The Morgan fingerprint density at radius 1 is 1.18 bits per heavy atom. The van der Waals surface area contributed by atoms with Crippen LogP contribution in [-0.4, -0.2) is 0 Å². The Labute approximate surface area is 71.4 Å². The van der Waals surface area contributed by atoms with Crippen LogP contribution in [0.5, 0.6) is 0 Å². The molecule has 11 heavy (non-hydrogen) atoms. The molecule has 0 aromatic heterocycles. The predicted octanol–water partition coefficient (Wildman–Crippen LogP) is 3.96. The van der Waals surface area contributed by atoms with E-state index >= 15 is 0 Å². The van der Waals surface area contributed by atoms with Gasteiger partial charge in [-0.15, -0.1) is 0 Å². The first-order valence-corrected chi connectivity index (χ1v) is 5.19. The molecule has 1 radical (unpaired) electrons. The molecule has 65 valence electrons. The first-order valence-electron chi connectivity index (χ1n) is 5.19. The van der Waals surface area contributed by atoms with Gasteiger partial charge >= 0.3 is 0 Å². The molecule has 1 aliphatic rings. The van der Waals surface area contributed by atoms with Crippen molar-refractivity contribution in [1.29, 1.82) is 0 Å².